The average molecular weight is 254 g/mol. The van der Waals surface area contributed by atoms with Crippen LogP contribution in [0.1, 0.15) is 25.3 Å². The monoisotopic (exact) mass is 254 g/mol. The van der Waals surface area contributed by atoms with Gasteiger partial charge in [0.15, 0.2) is 0 Å². The van der Waals surface area contributed by atoms with Gasteiger partial charge in [-0.2, -0.15) is 4.98 Å². The van der Waals surface area contributed by atoms with Crippen molar-refractivity contribution in [1.82, 2.24) is 15.1 Å². The number of fused-ring (bicyclic) bond motifs is 1. The van der Waals surface area contributed by atoms with Gasteiger partial charge in [-0.05, 0) is 17.9 Å². The molecule has 5 heteroatoms. The van der Waals surface area contributed by atoms with Crippen LogP contribution in [0.4, 0.5) is 0 Å². The molecule has 3 aromatic rings. The fourth-order valence-corrected chi connectivity index (χ4v) is 1.95. The van der Waals surface area contributed by atoms with E-state index in [1.54, 1.807) is 6.20 Å². The Labute approximate surface area is 110 Å². The van der Waals surface area contributed by atoms with Crippen LogP contribution < -0.4 is 5.73 Å². The van der Waals surface area contributed by atoms with Crippen LogP contribution in [-0.4, -0.2) is 15.1 Å². The fraction of sp³-hybridized carbons (Fsp3) is 0.214. The van der Waals surface area contributed by atoms with Crippen LogP contribution in [0.25, 0.3) is 22.3 Å². The Hall–Kier alpha value is -2.27. The van der Waals surface area contributed by atoms with E-state index >= 15 is 0 Å². The van der Waals surface area contributed by atoms with Gasteiger partial charge >= 0.3 is 0 Å². The van der Waals surface area contributed by atoms with Crippen molar-refractivity contribution in [3.63, 3.8) is 0 Å². The van der Waals surface area contributed by atoms with Crippen molar-refractivity contribution in [2.45, 2.75) is 19.4 Å². The molecule has 0 aliphatic carbocycles. The molecular weight excluding hydrogens is 240 g/mol. The number of hydrogen-bond donors (Lipinski definition) is 1. The summed E-state index contributed by atoms with van der Waals surface area (Å²) in [5.41, 5.74) is 6.60. The fourth-order valence-electron chi connectivity index (χ4n) is 1.95. The molecule has 0 fully saturated rings. The molecule has 1 aromatic carbocycles. The van der Waals surface area contributed by atoms with Gasteiger partial charge in [-0.25, -0.2) is 0 Å². The largest absolute Gasteiger partial charge is 0.337 e. The molecule has 0 spiro atoms. The molecule has 2 N–H and O–H groups in total. The zero-order valence-corrected chi connectivity index (χ0v) is 10.6. The van der Waals surface area contributed by atoms with Crippen LogP contribution >= 0.6 is 0 Å². The smallest absolute Gasteiger partial charge is 0.243 e. The number of nitrogens with zero attached hydrogens (tertiary/aromatic N) is 3. The lowest BCUT2D eigenvalue weighted by Crippen LogP contribution is -2.08. The summed E-state index contributed by atoms with van der Waals surface area (Å²) < 4.78 is 5.19. The van der Waals surface area contributed by atoms with Gasteiger partial charge in [-0.1, -0.05) is 36.3 Å². The molecule has 2 heterocycles. The summed E-state index contributed by atoms with van der Waals surface area (Å²) >= 11 is 0. The third kappa shape index (κ3) is 2.08. The summed E-state index contributed by atoms with van der Waals surface area (Å²) in [6.07, 6.45) is 2.50. The number of nitrogens with two attached hydrogens (primary N) is 1. The van der Waals surface area contributed by atoms with Crippen molar-refractivity contribution in [3.8, 4) is 11.5 Å². The molecule has 19 heavy (non-hydrogen) atoms. The third-order valence-electron chi connectivity index (χ3n) is 3.08. The lowest BCUT2D eigenvalue weighted by Gasteiger charge is -2.01. The highest BCUT2D eigenvalue weighted by molar-refractivity contribution is 5.92. The van der Waals surface area contributed by atoms with E-state index in [9.17, 15) is 0 Å². The highest BCUT2D eigenvalue weighted by Gasteiger charge is 2.16. The summed E-state index contributed by atoms with van der Waals surface area (Å²) in [5, 5.41) is 6.08. The van der Waals surface area contributed by atoms with E-state index in [2.05, 4.69) is 15.1 Å². The highest BCUT2D eigenvalue weighted by Crippen LogP contribution is 2.25. The second-order valence-corrected chi connectivity index (χ2v) is 4.35. The van der Waals surface area contributed by atoms with Crippen LogP contribution in [0.15, 0.2) is 41.1 Å². The molecule has 0 saturated carbocycles. The van der Waals surface area contributed by atoms with E-state index in [0.717, 1.165) is 22.9 Å². The van der Waals surface area contributed by atoms with Crippen molar-refractivity contribution < 1.29 is 4.52 Å². The zero-order valence-electron chi connectivity index (χ0n) is 10.6. The lowest BCUT2D eigenvalue weighted by atomic mass is 10.1. The third-order valence-corrected chi connectivity index (χ3v) is 3.08. The Balaban J connectivity index is 2.12. The first kappa shape index (κ1) is 11.8. The molecule has 1 atom stereocenters. The summed E-state index contributed by atoms with van der Waals surface area (Å²) in [5.74, 6) is 0.933. The zero-order chi connectivity index (χ0) is 13.2. The normalized spacial score (nSPS) is 12.7. The summed E-state index contributed by atoms with van der Waals surface area (Å²) in [4.78, 5) is 8.69. The average Bonchev–Trinajstić information content (AvgIpc) is 2.95. The summed E-state index contributed by atoms with van der Waals surface area (Å²) in [6, 6.07) is 9.70. The number of rotatable bonds is 3. The van der Waals surface area contributed by atoms with Crippen LogP contribution in [0.2, 0.25) is 0 Å². The molecule has 5 nitrogen and oxygen atoms in total. The van der Waals surface area contributed by atoms with E-state index in [-0.39, 0.29) is 6.04 Å². The van der Waals surface area contributed by atoms with Gasteiger partial charge in [0.2, 0.25) is 11.7 Å². The molecule has 0 aliphatic rings. The van der Waals surface area contributed by atoms with Crippen molar-refractivity contribution >= 4 is 10.8 Å². The first-order chi connectivity index (χ1) is 9.29. The maximum atomic E-state index is 5.88. The van der Waals surface area contributed by atoms with E-state index in [4.69, 9.17) is 10.3 Å². The topological polar surface area (TPSA) is 77.8 Å². The van der Waals surface area contributed by atoms with Crippen molar-refractivity contribution in [1.29, 1.82) is 0 Å². The molecule has 3 rings (SSSR count). The van der Waals surface area contributed by atoms with Gasteiger partial charge < -0.3 is 10.3 Å². The summed E-state index contributed by atoms with van der Waals surface area (Å²) in [7, 11) is 0. The van der Waals surface area contributed by atoms with E-state index in [1.165, 1.54) is 0 Å². The SMILES string of the molecule is CC[C@H](N)c1nc(-c2nccc3ccccc23)no1. The predicted octanol–water partition coefficient (Wildman–Crippen LogP) is 2.69. The van der Waals surface area contributed by atoms with Crippen molar-refractivity contribution in [3.05, 3.63) is 42.4 Å². The molecule has 0 unspecified atom stereocenters. The minimum atomic E-state index is -0.226. The van der Waals surface area contributed by atoms with Crippen molar-refractivity contribution in [2.75, 3.05) is 0 Å². The quantitative estimate of drug-likeness (QED) is 0.777. The van der Waals surface area contributed by atoms with Crippen LogP contribution in [-0.2, 0) is 0 Å². The maximum absolute atomic E-state index is 5.88. The summed E-state index contributed by atoms with van der Waals surface area (Å²) in [6.45, 7) is 1.98. The molecule has 0 amide bonds. The van der Waals surface area contributed by atoms with Gasteiger partial charge in [0, 0.05) is 11.6 Å². The van der Waals surface area contributed by atoms with E-state index in [1.807, 2.05) is 37.3 Å². The Morgan fingerprint density at radius 3 is 2.95 bits per heavy atom. The highest BCUT2D eigenvalue weighted by atomic mass is 16.5. The molecule has 0 saturated heterocycles. The van der Waals surface area contributed by atoms with Gasteiger partial charge in [0.05, 0.1) is 6.04 Å². The van der Waals surface area contributed by atoms with Crippen LogP contribution in [0, 0.1) is 0 Å². The van der Waals surface area contributed by atoms with Gasteiger partial charge in [0.25, 0.3) is 0 Å². The Bertz CT molecular complexity index is 702. The molecule has 0 aliphatic heterocycles. The standard InChI is InChI=1S/C14H14N4O/c1-2-11(15)14-17-13(18-19-14)12-10-6-4-3-5-9(10)7-8-16-12/h3-8,11H,2,15H2,1H3/t11-/m0/s1. The Kier molecular flexibility index (Phi) is 2.97. The first-order valence-electron chi connectivity index (χ1n) is 6.23. The van der Waals surface area contributed by atoms with Gasteiger partial charge in [-0.3, -0.25) is 4.98 Å². The van der Waals surface area contributed by atoms with Gasteiger partial charge in [-0.15, -0.1) is 0 Å². The number of aromatic nitrogens is 3. The minimum Gasteiger partial charge on any atom is -0.337 e. The van der Waals surface area contributed by atoms with E-state index in [0.29, 0.717) is 11.7 Å². The molecule has 0 bridgehead atoms. The number of pyridine rings is 1. The molecular formula is C14H14N4O. The van der Waals surface area contributed by atoms with Crippen LogP contribution in [0.3, 0.4) is 0 Å². The molecule has 0 radical (unpaired) electrons. The van der Waals surface area contributed by atoms with E-state index < -0.39 is 0 Å². The second kappa shape index (κ2) is 4.78. The van der Waals surface area contributed by atoms with Crippen LogP contribution in [0.5, 0.6) is 0 Å². The Morgan fingerprint density at radius 2 is 2.11 bits per heavy atom. The van der Waals surface area contributed by atoms with Gasteiger partial charge in [0.1, 0.15) is 5.69 Å². The molecule has 2 aromatic heterocycles. The minimum absolute atomic E-state index is 0.226. The predicted molar refractivity (Wildman–Crippen MR) is 72.3 cm³/mol. The van der Waals surface area contributed by atoms with Crippen molar-refractivity contribution in [2.24, 2.45) is 5.73 Å². The number of benzene rings is 1. The second-order valence-electron chi connectivity index (χ2n) is 4.35. The Morgan fingerprint density at radius 1 is 1.26 bits per heavy atom. The number of hydrogen-bond acceptors (Lipinski definition) is 5. The first-order valence-corrected chi connectivity index (χ1v) is 6.23. The lowest BCUT2D eigenvalue weighted by molar-refractivity contribution is 0.352. The maximum Gasteiger partial charge on any atom is 0.243 e. The molecule has 96 valence electrons.